The third-order valence-corrected chi connectivity index (χ3v) is 4.64. The minimum atomic E-state index is 0.638. The summed E-state index contributed by atoms with van der Waals surface area (Å²) in [4.78, 5) is 18.5. The van der Waals surface area contributed by atoms with E-state index in [-0.39, 0.29) is 0 Å². The topological polar surface area (TPSA) is 69.7 Å². The lowest BCUT2D eigenvalue weighted by Crippen LogP contribution is -2.37. The molecule has 0 bridgehead atoms. The van der Waals surface area contributed by atoms with E-state index in [0.717, 1.165) is 36.5 Å². The van der Waals surface area contributed by atoms with Crippen molar-refractivity contribution in [3.8, 4) is 0 Å². The fourth-order valence-corrected chi connectivity index (χ4v) is 3.47. The zero-order chi connectivity index (χ0) is 16.2. The van der Waals surface area contributed by atoms with Crippen molar-refractivity contribution in [3.63, 3.8) is 0 Å². The highest BCUT2D eigenvalue weighted by Gasteiger charge is 2.20. The van der Waals surface area contributed by atoms with Crippen LogP contribution in [0.4, 0.5) is 5.82 Å². The molecule has 4 rings (SSSR count). The number of anilines is 1. The molecule has 124 valence electrons. The van der Waals surface area contributed by atoms with Crippen molar-refractivity contribution in [2.45, 2.75) is 19.4 Å². The minimum Gasteiger partial charge on any atom is -0.369 e. The third-order valence-electron chi connectivity index (χ3n) is 4.64. The number of likely N-dealkylation sites (tertiary alicyclic amines) is 1. The van der Waals surface area contributed by atoms with Crippen molar-refractivity contribution in [2.75, 3.05) is 25.0 Å². The molecule has 0 aliphatic carbocycles. The standard InChI is InChI=1S/C18H22N6/c1-3-14(9-19-6-1)11-24-8-2-4-15(12-24)10-21-18-16-5-7-20-17(16)22-13-23-18/h1,3,5-7,9,13,15H,2,4,8,10-12H2,(H2,20,21,22,23). The van der Waals surface area contributed by atoms with Crippen molar-refractivity contribution in [3.05, 3.63) is 48.7 Å². The summed E-state index contributed by atoms with van der Waals surface area (Å²) in [7, 11) is 0. The summed E-state index contributed by atoms with van der Waals surface area (Å²) < 4.78 is 0. The van der Waals surface area contributed by atoms with Gasteiger partial charge in [-0.2, -0.15) is 0 Å². The Morgan fingerprint density at radius 1 is 1.29 bits per heavy atom. The number of rotatable bonds is 5. The van der Waals surface area contributed by atoms with E-state index in [0.29, 0.717) is 5.92 Å². The first-order chi connectivity index (χ1) is 11.9. The number of nitrogens with zero attached hydrogens (tertiary/aromatic N) is 4. The van der Waals surface area contributed by atoms with Gasteiger partial charge in [0.2, 0.25) is 0 Å². The Labute approximate surface area is 141 Å². The van der Waals surface area contributed by atoms with Gasteiger partial charge in [-0.25, -0.2) is 9.97 Å². The smallest absolute Gasteiger partial charge is 0.142 e. The molecule has 2 N–H and O–H groups in total. The maximum atomic E-state index is 4.39. The molecular formula is C18H22N6. The normalized spacial score (nSPS) is 18.8. The summed E-state index contributed by atoms with van der Waals surface area (Å²) in [6.45, 7) is 4.21. The molecule has 3 aromatic rings. The fourth-order valence-electron chi connectivity index (χ4n) is 3.47. The molecule has 0 amide bonds. The third kappa shape index (κ3) is 3.38. The molecule has 1 saturated heterocycles. The first-order valence-corrected chi connectivity index (χ1v) is 8.52. The maximum absolute atomic E-state index is 4.39. The lowest BCUT2D eigenvalue weighted by molar-refractivity contribution is 0.173. The van der Waals surface area contributed by atoms with Gasteiger partial charge in [-0.1, -0.05) is 6.07 Å². The van der Waals surface area contributed by atoms with Crippen LogP contribution in [-0.2, 0) is 6.54 Å². The molecule has 1 fully saturated rings. The summed E-state index contributed by atoms with van der Waals surface area (Å²) in [6.07, 6.45) is 9.81. The van der Waals surface area contributed by atoms with E-state index in [1.54, 1.807) is 6.33 Å². The number of fused-ring (bicyclic) bond motifs is 1. The van der Waals surface area contributed by atoms with Crippen LogP contribution in [0, 0.1) is 5.92 Å². The second-order valence-corrected chi connectivity index (χ2v) is 6.45. The molecule has 0 spiro atoms. The lowest BCUT2D eigenvalue weighted by Gasteiger charge is -2.32. The van der Waals surface area contributed by atoms with E-state index in [1.807, 2.05) is 30.7 Å². The fraction of sp³-hybridized carbons (Fsp3) is 0.389. The number of pyridine rings is 1. The van der Waals surface area contributed by atoms with Crippen LogP contribution in [0.5, 0.6) is 0 Å². The van der Waals surface area contributed by atoms with E-state index in [9.17, 15) is 0 Å². The number of piperidine rings is 1. The van der Waals surface area contributed by atoms with Gasteiger partial charge in [0.25, 0.3) is 0 Å². The molecule has 1 aliphatic rings. The quantitative estimate of drug-likeness (QED) is 0.756. The highest BCUT2D eigenvalue weighted by molar-refractivity contribution is 5.86. The molecule has 0 aromatic carbocycles. The summed E-state index contributed by atoms with van der Waals surface area (Å²) in [6, 6.07) is 6.18. The van der Waals surface area contributed by atoms with Crippen LogP contribution in [0.1, 0.15) is 18.4 Å². The lowest BCUT2D eigenvalue weighted by atomic mass is 9.97. The van der Waals surface area contributed by atoms with Crippen LogP contribution in [0.25, 0.3) is 11.0 Å². The SMILES string of the molecule is c1cncc(CN2CCCC(CNc3ncnc4[nH]ccc34)C2)c1. The number of aromatic amines is 1. The van der Waals surface area contributed by atoms with Gasteiger partial charge in [-0.05, 0) is 43.0 Å². The van der Waals surface area contributed by atoms with Crippen molar-refractivity contribution in [1.29, 1.82) is 0 Å². The van der Waals surface area contributed by atoms with Gasteiger partial charge in [0.15, 0.2) is 0 Å². The minimum absolute atomic E-state index is 0.638. The van der Waals surface area contributed by atoms with Crippen LogP contribution in [0.2, 0.25) is 0 Å². The largest absolute Gasteiger partial charge is 0.369 e. The second kappa shape index (κ2) is 6.97. The van der Waals surface area contributed by atoms with Crippen molar-refractivity contribution in [1.82, 2.24) is 24.8 Å². The number of hydrogen-bond donors (Lipinski definition) is 2. The van der Waals surface area contributed by atoms with Gasteiger partial charge in [0, 0.05) is 38.2 Å². The molecule has 3 aromatic heterocycles. The Morgan fingerprint density at radius 2 is 2.29 bits per heavy atom. The zero-order valence-corrected chi connectivity index (χ0v) is 13.7. The maximum Gasteiger partial charge on any atom is 0.142 e. The molecule has 1 unspecified atom stereocenters. The average Bonchev–Trinajstić information content (AvgIpc) is 3.10. The van der Waals surface area contributed by atoms with Crippen LogP contribution >= 0.6 is 0 Å². The second-order valence-electron chi connectivity index (χ2n) is 6.45. The molecule has 6 heteroatoms. The van der Waals surface area contributed by atoms with Crippen LogP contribution in [0.15, 0.2) is 43.1 Å². The average molecular weight is 322 g/mol. The summed E-state index contributed by atoms with van der Waals surface area (Å²) >= 11 is 0. The zero-order valence-electron chi connectivity index (χ0n) is 13.7. The van der Waals surface area contributed by atoms with E-state index in [4.69, 9.17) is 0 Å². The Kier molecular flexibility index (Phi) is 4.38. The van der Waals surface area contributed by atoms with E-state index < -0.39 is 0 Å². The Balaban J connectivity index is 1.36. The molecule has 24 heavy (non-hydrogen) atoms. The Bertz CT molecular complexity index is 784. The van der Waals surface area contributed by atoms with Gasteiger partial charge in [-0.3, -0.25) is 9.88 Å². The Morgan fingerprint density at radius 3 is 3.21 bits per heavy atom. The number of aromatic nitrogens is 4. The molecule has 6 nitrogen and oxygen atoms in total. The van der Waals surface area contributed by atoms with Gasteiger partial charge >= 0.3 is 0 Å². The van der Waals surface area contributed by atoms with Crippen molar-refractivity contribution in [2.24, 2.45) is 5.92 Å². The highest BCUT2D eigenvalue weighted by atomic mass is 15.1. The van der Waals surface area contributed by atoms with Crippen molar-refractivity contribution >= 4 is 16.9 Å². The van der Waals surface area contributed by atoms with Gasteiger partial charge in [0.05, 0.1) is 5.39 Å². The first kappa shape index (κ1) is 15.1. The monoisotopic (exact) mass is 322 g/mol. The predicted octanol–water partition coefficient (Wildman–Crippen LogP) is 2.68. The molecular weight excluding hydrogens is 300 g/mol. The van der Waals surface area contributed by atoms with Crippen molar-refractivity contribution < 1.29 is 0 Å². The first-order valence-electron chi connectivity index (χ1n) is 8.52. The number of H-pyrrole nitrogens is 1. The van der Waals surface area contributed by atoms with Gasteiger partial charge < -0.3 is 10.3 Å². The summed E-state index contributed by atoms with van der Waals surface area (Å²) in [5, 5.41) is 4.57. The van der Waals surface area contributed by atoms with Gasteiger partial charge in [0.1, 0.15) is 17.8 Å². The van der Waals surface area contributed by atoms with E-state index in [2.05, 4.69) is 36.2 Å². The predicted molar refractivity (Wildman–Crippen MR) is 94.6 cm³/mol. The van der Waals surface area contributed by atoms with Gasteiger partial charge in [-0.15, -0.1) is 0 Å². The van der Waals surface area contributed by atoms with Crippen LogP contribution in [-0.4, -0.2) is 44.5 Å². The summed E-state index contributed by atoms with van der Waals surface area (Å²) in [5.41, 5.74) is 2.17. The van der Waals surface area contributed by atoms with E-state index >= 15 is 0 Å². The Hall–Kier alpha value is -2.47. The number of nitrogens with one attached hydrogen (secondary N) is 2. The highest BCUT2D eigenvalue weighted by Crippen LogP contribution is 2.21. The molecule has 0 saturated carbocycles. The molecule has 0 radical (unpaired) electrons. The van der Waals surface area contributed by atoms with Crippen LogP contribution < -0.4 is 5.32 Å². The number of hydrogen-bond acceptors (Lipinski definition) is 5. The van der Waals surface area contributed by atoms with E-state index in [1.165, 1.54) is 24.9 Å². The molecule has 1 aliphatic heterocycles. The summed E-state index contributed by atoms with van der Waals surface area (Å²) in [5.74, 6) is 1.56. The van der Waals surface area contributed by atoms with Crippen LogP contribution in [0.3, 0.4) is 0 Å². The molecule has 4 heterocycles. The molecule has 1 atom stereocenters.